The maximum atomic E-state index is 13.4. The summed E-state index contributed by atoms with van der Waals surface area (Å²) >= 11 is 5.67. The standard InChI is InChI=1S/C9H7ClFN3/c10-6-4-13-14(5-6)9-7(11)2-1-3-8(9)12/h1-5H,12H2. The van der Waals surface area contributed by atoms with E-state index in [1.165, 1.54) is 23.1 Å². The number of hydrogen-bond donors (Lipinski definition) is 1. The Kier molecular flexibility index (Phi) is 2.13. The van der Waals surface area contributed by atoms with Gasteiger partial charge in [-0.2, -0.15) is 5.10 Å². The van der Waals surface area contributed by atoms with Crippen LogP contribution in [0.1, 0.15) is 0 Å². The summed E-state index contributed by atoms with van der Waals surface area (Å²) in [6.45, 7) is 0. The van der Waals surface area contributed by atoms with E-state index in [4.69, 9.17) is 17.3 Å². The number of nitrogens with zero attached hydrogens (tertiary/aromatic N) is 2. The Morgan fingerprint density at radius 2 is 2.21 bits per heavy atom. The number of anilines is 1. The van der Waals surface area contributed by atoms with Gasteiger partial charge in [0, 0.05) is 6.20 Å². The molecule has 0 saturated heterocycles. The van der Waals surface area contributed by atoms with Gasteiger partial charge < -0.3 is 5.73 Å². The first-order valence-corrected chi connectivity index (χ1v) is 4.31. The monoisotopic (exact) mass is 211 g/mol. The number of aromatic nitrogens is 2. The van der Waals surface area contributed by atoms with Crippen LogP contribution in [0.15, 0.2) is 30.6 Å². The van der Waals surface area contributed by atoms with E-state index >= 15 is 0 Å². The van der Waals surface area contributed by atoms with Crippen LogP contribution in [0, 0.1) is 5.82 Å². The summed E-state index contributed by atoms with van der Waals surface area (Å²) in [5.41, 5.74) is 6.16. The number of benzene rings is 1. The molecular formula is C9H7ClFN3. The topological polar surface area (TPSA) is 43.8 Å². The van der Waals surface area contributed by atoms with E-state index in [0.717, 1.165) is 0 Å². The van der Waals surface area contributed by atoms with Gasteiger partial charge >= 0.3 is 0 Å². The average molecular weight is 212 g/mol. The second-order valence-electron chi connectivity index (χ2n) is 2.78. The number of hydrogen-bond acceptors (Lipinski definition) is 2. The van der Waals surface area contributed by atoms with Crippen molar-refractivity contribution in [2.45, 2.75) is 0 Å². The first kappa shape index (κ1) is 9.02. The first-order chi connectivity index (χ1) is 6.68. The minimum Gasteiger partial charge on any atom is -0.397 e. The van der Waals surface area contributed by atoms with Gasteiger partial charge in [0.1, 0.15) is 5.69 Å². The molecule has 1 heterocycles. The van der Waals surface area contributed by atoms with Crippen molar-refractivity contribution >= 4 is 17.3 Å². The van der Waals surface area contributed by atoms with Crippen molar-refractivity contribution in [3.63, 3.8) is 0 Å². The molecule has 72 valence electrons. The maximum Gasteiger partial charge on any atom is 0.150 e. The molecule has 0 saturated carbocycles. The largest absolute Gasteiger partial charge is 0.397 e. The Morgan fingerprint density at radius 3 is 2.79 bits per heavy atom. The third-order valence-electron chi connectivity index (χ3n) is 1.80. The van der Waals surface area contributed by atoms with Crippen LogP contribution >= 0.6 is 11.6 Å². The number of para-hydroxylation sites is 1. The van der Waals surface area contributed by atoms with Gasteiger partial charge in [0.25, 0.3) is 0 Å². The summed E-state index contributed by atoms with van der Waals surface area (Å²) in [4.78, 5) is 0. The van der Waals surface area contributed by atoms with E-state index in [2.05, 4.69) is 5.10 Å². The summed E-state index contributed by atoms with van der Waals surface area (Å²) in [6.07, 6.45) is 2.92. The van der Waals surface area contributed by atoms with E-state index in [1.54, 1.807) is 12.1 Å². The smallest absolute Gasteiger partial charge is 0.150 e. The molecule has 2 N–H and O–H groups in total. The molecule has 0 aliphatic heterocycles. The van der Waals surface area contributed by atoms with E-state index in [9.17, 15) is 4.39 Å². The van der Waals surface area contributed by atoms with Gasteiger partial charge in [0.05, 0.1) is 16.9 Å². The zero-order valence-electron chi connectivity index (χ0n) is 7.11. The molecule has 0 aliphatic carbocycles. The lowest BCUT2D eigenvalue weighted by molar-refractivity contribution is 0.612. The van der Waals surface area contributed by atoms with Gasteiger partial charge in [-0.3, -0.25) is 0 Å². The third-order valence-corrected chi connectivity index (χ3v) is 1.99. The second kappa shape index (κ2) is 3.31. The van der Waals surface area contributed by atoms with Crippen LogP contribution in [0.3, 0.4) is 0 Å². The van der Waals surface area contributed by atoms with E-state index in [0.29, 0.717) is 10.7 Å². The highest BCUT2D eigenvalue weighted by Gasteiger charge is 2.08. The highest BCUT2D eigenvalue weighted by molar-refractivity contribution is 6.30. The van der Waals surface area contributed by atoms with Gasteiger partial charge in [0.2, 0.25) is 0 Å². The second-order valence-corrected chi connectivity index (χ2v) is 3.22. The highest BCUT2D eigenvalue weighted by atomic mass is 35.5. The predicted molar refractivity (Wildman–Crippen MR) is 52.9 cm³/mol. The average Bonchev–Trinajstić information content (AvgIpc) is 2.51. The maximum absolute atomic E-state index is 13.4. The molecule has 2 aromatic rings. The Morgan fingerprint density at radius 1 is 1.43 bits per heavy atom. The number of nitrogen functional groups attached to an aromatic ring is 1. The van der Waals surface area contributed by atoms with Crippen molar-refractivity contribution in [2.24, 2.45) is 0 Å². The molecule has 0 aliphatic rings. The molecule has 0 spiro atoms. The lowest BCUT2D eigenvalue weighted by Crippen LogP contribution is -2.02. The van der Waals surface area contributed by atoms with Crippen molar-refractivity contribution in [3.05, 3.63) is 41.4 Å². The fourth-order valence-electron chi connectivity index (χ4n) is 1.20. The van der Waals surface area contributed by atoms with Gasteiger partial charge in [-0.05, 0) is 12.1 Å². The molecule has 0 amide bonds. The third kappa shape index (κ3) is 1.44. The summed E-state index contributed by atoms with van der Waals surface area (Å²) in [5.74, 6) is -0.426. The molecule has 5 heteroatoms. The SMILES string of the molecule is Nc1cccc(F)c1-n1cc(Cl)cn1. The zero-order chi connectivity index (χ0) is 10.1. The molecule has 2 rings (SSSR count). The fraction of sp³-hybridized carbons (Fsp3) is 0. The van der Waals surface area contributed by atoms with Crippen LogP contribution in [-0.2, 0) is 0 Å². The number of halogens is 2. The molecule has 0 unspecified atom stereocenters. The molecule has 0 radical (unpaired) electrons. The van der Waals surface area contributed by atoms with Crippen LogP contribution in [0.2, 0.25) is 5.02 Å². The predicted octanol–water partition coefficient (Wildman–Crippen LogP) is 2.25. The summed E-state index contributed by atoms with van der Waals surface area (Å²) in [5, 5.41) is 4.31. The van der Waals surface area contributed by atoms with Crippen LogP contribution in [-0.4, -0.2) is 9.78 Å². The Balaban J connectivity index is 2.61. The molecule has 1 aromatic carbocycles. The van der Waals surface area contributed by atoms with Gasteiger partial charge in [-0.15, -0.1) is 0 Å². The zero-order valence-corrected chi connectivity index (χ0v) is 7.87. The van der Waals surface area contributed by atoms with Gasteiger partial charge in [0.15, 0.2) is 5.82 Å². The fourth-order valence-corrected chi connectivity index (χ4v) is 1.33. The van der Waals surface area contributed by atoms with E-state index in [-0.39, 0.29) is 5.69 Å². The Hall–Kier alpha value is -1.55. The van der Waals surface area contributed by atoms with E-state index in [1.807, 2.05) is 0 Å². The normalized spacial score (nSPS) is 10.4. The Bertz CT molecular complexity index is 447. The molecule has 3 nitrogen and oxygen atoms in total. The minimum absolute atomic E-state index is 0.222. The number of nitrogens with two attached hydrogens (primary N) is 1. The van der Waals surface area contributed by atoms with Crippen molar-refractivity contribution < 1.29 is 4.39 Å². The van der Waals surface area contributed by atoms with Crippen molar-refractivity contribution in [2.75, 3.05) is 5.73 Å². The minimum atomic E-state index is -0.426. The van der Waals surface area contributed by atoms with Crippen LogP contribution < -0.4 is 5.73 Å². The lowest BCUT2D eigenvalue weighted by Gasteiger charge is -2.05. The van der Waals surface area contributed by atoms with Crippen LogP contribution in [0.5, 0.6) is 0 Å². The van der Waals surface area contributed by atoms with Crippen molar-refractivity contribution in [1.29, 1.82) is 0 Å². The van der Waals surface area contributed by atoms with Gasteiger partial charge in [-0.25, -0.2) is 9.07 Å². The van der Waals surface area contributed by atoms with E-state index < -0.39 is 5.82 Å². The summed E-state index contributed by atoms with van der Waals surface area (Å²) in [6, 6.07) is 4.47. The Labute approximate surface area is 84.9 Å². The molecular weight excluding hydrogens is 205 g/mol. The summed E-state index contributed by atoms with van der Waals surface area (Å²) < 4.78 is 14.7. The van der Waals surface area contributed by atoms with Gasteiger partial charge in [-0.1, -0.05) is 17.7 Å². The molecule has 1 aromatic heterocycles. The highest BCUT2D eigenvalue weighted by Crippen LogP contribution is 2.21. The van der Waals surface area contributed by atoms with Crippen molar-refractivity contribution in [3.8, 4) is 5.69 Å². The number of rotatable bonds is 1. The molecule has 0 fully saturated rings. The molecule has 14 heavy (non-hydrogen) atoms. The first-order valence-electron chi connectivity index (χ1n) is 3.93. The van der Waals surface area contributed by atoms with Crippen LogP contribution in [0.4, 0.5) is 10.1 Å². The lowest BCUT2D eigenvalue weighted by atomic mass is 10.2. The molecule has 0 atom stereocenters. The quantitative estimate of drug-likeness (QED) is 0.736. The molecule has 0 bridgehead atoms. The van der Waals surface area contributed by atoms with Crippen LogP contribution in [0.25, 0.3) is 5.69 Å². The van der Waals surface area contributed by atoms with Crippen molar-refractivity contribution in [1.82, 2.24) is 9.78 Å². The summed E-state index contributed by atoms with van der Waals surface area (Å²) in [7, 11) is 0.